The molecular weight excluding hydrogens is 200 g/mol. The summed E-state index contributed by atoms with van der Waals surface area (Å²) in [5.74, 6) is 0.597. The quantitative estimate of drug-likeness (QED) is 0.417. The number of aliphatic hydroxyl groups excluding tert-OH is 1. The highest BCUT2D eigenvalue weighted by Crippen LogP contribution is 2.06. The molecule has 0 amide bonds. The highest BCUT2D eigenvalue weighted by molar-refractivity contribution is 5.35. The molecule has 0 unspecified atom stereocenters. The van der Waals surface area contributed by atoms with Gasteiger partial charge in [-0.15, -0.1) is 0 Å². The average Bonchev–Trinajstić information content (AvgIpc) is 2.26. The third-order valence-electron chi connectivity index (χ3n) is 1.73. The number of hydrogen-bond acceptors (Lipinski definition) is 2. The molecule has 1 N–H and O–H groups in total. The zero-order valence-electron chi connectivity index (χ0n) is 9.86. The highest BCUT2D eigenvalue weighted by atomic mass is 16.5. The van der Waals surface area contributed by atoms with Crippen molar-refractivity contribution in [3.63, 3.8) is 0 Å². The molecule has 0 aromatic heterocycles. The summed E-state index contributed by atoms with van der Waals surface area (Å²) >= 11 is 0. The standard InChI is InChI=1S/C14H18O2/c1-5-7-13(9-8-12(3)15)10-11-14(6-2)16-4/h7-11,15H,2-3,5H2,1,4H3/b9-8-,11-10-,13-7-. The van der Waals surface area contributed by atoms with E-state index in [1.54, 1.807) is 19.3 Å². The lowest BCUT2D eigenvalue weighted by Crippen LogP contribution is -1.80. The number of allylic oxidation sites excluding steroid dienone is 6. The molecule has 0 aromatic carbocycles. The first-order chi connectivity index (χ1) is 7.63. The minimum absolute atomic E-state index is 0.0293. The van der Waals surface area contributed by atoms with Crippen LogP contribution in [0.5, 0.6) is 0 Å². The lowest BCUT2D eigenvalue weighted by atomic mass is 10.2. The summed E-state index contributed by atoms with van der Waals surface area (Å²) in [7, 11) is 1.56. The summed E-state index contributed by atoms with van der Waals surface area (Å²) in [6, 6.07) is 0. The maximum absolute atomic E-state index is 8.95. The molecule has 16 heavy (non-hydrogen) atoms. The second-order valence-corrected chi connectivity index (χ2v) is 3.02. The van der Waals surface area contributed by atoms with Crippen LogP contribution >= 0.6 is 0 Å². The molecule has 0 fully saturated rings. The van der Waals surface area contributed by atoms with E-state index >= 15 is 0 Å². The SMILES string of the molecule is C=C=C(\C=C/C(/C=C\C(=C)O)=C\CC)OC. The van der Waals surface area contributed by atoms with Crippen molar-refractivity contribution in [2.24, 2.45) is 0 Å². The lowest BCUT2D eigenvalue weighted by molar-refractivity contribution is 0.308. The predicted molar refractivity (Wildman–Crippen MR) is 68.1 cm³/mol. The first kappa shape index (κ1) is 14.1. The average molecular weight is 218 g/mol. The molecule has 0 aromatic rings. The molecule has 0 aliphatic rings. The Morgan fingerprint density at radius 2 is 1.94 bits per heavy atom. The van der Waals surface area contributed by atoms with Crippen LogP contribution in [0.25, 0.3) is 0 Å². The minimum Gasteiger partial charge on any atom is -0.509 e. The van der Waals surface area contributed by atoms with Gasteiger partial charge in [0.1, 0.15) is 5.76 Å². The van der Waals surface area contributed by atoms with Gasteiger partial charge in [-0.3, -0.25) is 0 Å². The molecule has 0 saturated heterocycles. The van der Waals surface area contributed by atoms with E-state index in [2.05, 4.69) is 18.9 Å². The van der Waals surface area contributed by atoms with Gasteiger partial charge in [-0.25, -0.2) is 0 Å². The van der Waals surface area contributed by atoms with Gasteiger partial charge in [0.25, 0.3) is 0 Å². The fraction of sp³-hybridized carbons (Fsp3) is 0.214. The molecule has 0 bridgehead atoms. The lowest BCUT2D eigenvalue weighted by Gasteiger charge is -1.97. The van der Waals surface area contributed by atoms with Gasteiger partial charge >= 0.3 is 0 Å². The third kappa shape index (κ3) is 6.52. The van der Waals surface area contributed by atoms with Gasteiger partial charge < -0.3 is 9.84 Å². The van der Waals surface area contributed by atoms with Crippen LogP contribution in [0.2, 0.25) is 0 Å². The maximum Gasteiger partial charge on any atom is 0.161 e. The van der Waals surface area contributed by atoms with Crippen molar-refractivity contribution in [1.29, 1.82) is 0 Å². The number of rotatable bonds is 6. The number of ether oxygens (including phenoxy) is 1. The fourth-order valence-electron chi connectivity index (χ4n) is 0.991. The minimum atomic E-state index is 0.0293. The largest absolute Gasteiger partial charge is 0.509 e. The topological polar surface area (TPSA) is 29.5 Å². The Bertz CT molecular complexity index is 364. The van der Waals surface area contributed by atoms with Gasteiger partial charge in [-0.05, 0) is 24.1 Å². The molecule has 0 rings (SSSR count). The molecule has 2 nitrogen and oxygen atoms in total. The monoisotopic (exact) mass is 218 g/mol. The van der Waals surface area contributed by atoms with Crippen molar-refractivity contribution in [3.8, 4) is 0 Å². The van der Waals surface area contributed by atoms with Crippen LogP contribution in [0.3, 0.4) is 0 Å². The van der Waals surface area contributed by atoms with Crippen LogP contribution < -0.4 is 0 Å². The summed E-state index contributed by atoms with van der Waals surface area (Å²) in [4.78, 5) is 0. The summed E-state index contributed by atoms with van der Waals surface area (Å²) in [6.07, 6.45) is 9.86. The Morgan fingerprint density at radius 3 is 2.38 bits per heavy atom. The van der Waals surface area contributed by atoms with E-state index in [4.69, 9.17) is 9.84 Å². The molecule has 0 spiro atoms. The van der Waals surface area contributed by atoms with E-state index in [0.717, 1.165) is 12.0 Å². The summed E-state index contributed by atoms with van der Waals surface area (Å²) in [5.41, 5.74) is 3.61. The Labute approximate surface area is 97.3 Å². The van der Waals surface area contributed by atoms with Crippen LogP contribution in [-0.4, -0.2) is 12.2 Å². The molecule has 0 radical (unpaired) electrons. The summed E-state index contributed by atoms with van der Waals surface area (Å²) in [6.45, 7) is 8.92. The molecule has 0 aliphatic carbocycles. The smallest absolute Gasteiger partial charge is 0.161 e. The van der Waals surface area contributed by atoms with E-state index in [0.29, 0.717) is 5.76 Å². The zero-order chi connectivity index (χ0) is 12.4. The van der Waals surface area contributed by atoms with Gasteiger partial charge in [0.2, 0.25) is 0 Å². The van der Waals surface area contributed by atoms with Gasteiger partial charge in [0, 0.05) is 0 Å². The molecule has 0 aliphatic heterocycles. The van der Waals surface area contributed by atoms with Gasteiger partial charge in [0.05, 0.1) is 7.11 Å². The van der Waals surface area contributed by atoms with Crippen LogP contribution in [0.15, 0.2) is 66.4 Å². The number of aliphatic hydroxyl groups is 1. The van der Waals surface area contributed by atoms with E-state index in [1.165, 1.54) is 6.08 Å². The van der Waals surface area contributed by atoms with E-state index in [9.17, 15) is 0 Å². The van der Waals surface area contributed by atoms with E-state index in [1.807, 2.05) is 19.1 Å². The van der Waals surface area contributed by atoms with Crippen molar-refractivity contribution in [2.45, 2.75) is 13.3 Å². The van der Waals surface area contributed by atoms with Crippen molar-refractivity contribution in [2.75, 3.05) is 7.11 Å². The van der Waals surface area contributed by atoms with Crippen molar-refractivity contribution >= 4 is 0 Å². The normalized spacial score (nSPS) is 11.8. The van der Waals surface area contributed by atoms with Crippen molar-refractivity contribution in [3.05, 3.63) is 66.4 Å². The molecule has 86 valence electrons. The van der Waals surface area contributed by atoms with Crippen molar-refractivity contribution in [1.82, 2.24) is 0 Å². The van der Waals surface area contributed by atoms with Gasteiger partial charge in [-0.1, -0.05) is 44.0 Å². The molecule has 0 heterocycles. The van der Waals surface area contributed by atoms with Crippen LogP contribution in [0.4, 0.5) is 0 Å². The first-order valence-electron chi connectivity index (χ1n) is 5.02. The Morgan fingerprint density at radius 1 is 1.31 bits per heavy atom. The second kappa shape index (κ2) is 8.39. The molecule has 0 saturated carbocycles. The second-order valence-electron chi connectivity index (χ2n) is 3.02. The Kier molecular flexibility index (Phi) is 7.39. The number of hydrogen-bond donors (Lipinski definition) is 1. The first-order valence-corrected chi connectivity index (χ1v) is 5.02. The van der Waals surface area contributed by atoms with Gasteiger partial charge in [0.15, 0.2) is 5.76 Å². The van der Waals surface area contributed by atoms with E-state index in [-0.39, 0.29) is 5.76 Å². The highest BCUT2D eigenvalue weighted by Gasteiger charge is 1.89. The van der Waals surface area contributed by atoms with Gasteiger partial charge in [-0.2, -0.15) is 0 Å². The van der Waals surface area contributed by atoms with Crippen LogP contribution in [-0.2, 0) is 4.74 Å². The van der Waals surface area contributed by atoms with E-state index < -0.39 is 0 Å². The fourth-order valence-corrected chi connectivity index (χ4v) is 0.991. The maximum atomic E-state index is 8.95. The Balaban J connectivity index is 4.77. The van der Waals surface area contributed by atoms with Crippen molar-refractivity contribution < 1.29 is 9.84 Å². The summed E-state index contributed by atoms with van der Waals surface area (Å²) < 4.78 is 4.99. The summed E-state index contributed by atoms with van der Waals surface area (Å²) in [5, 5.41) is 8.95. The van der Waals surface area contributed by atoms with Crippen LogP contribution in [0.1, 0.15) is 13.3 Å². The molecule has 0 atom stereocenters. The zero-order valence-corrected chi connectivity index (χ0v) is 9.86. The molecule has 2 heteroatoms. The Hall–Kier alpha value is -1.92. The predicted octanol–water partition coefficient (Wildman–Crippen LogP) is 3.82. The third-order valence-corrected chi connectivity index (χ3v) is 1.73. The van der Waals surface area contributed by atoms with Crippen LogP contribution in [0, 0.1) is 0 Å². The number of methoxy groups -OCH3 is 1. The molecular formula is C14H18O2.